The van der Waals surface area contributed by atoms with Crippen LogP contribution in [0.1, 0.15) is 11.6 Å². The van der Waals surface area contributed by atoms with Gasteiger partial charge in [-0.2, -0.15) is 17.4 Å². The zero-order chi connectivity index (χ0) is 16.3. The summed E-state index contributed by atoms with van der Waals surface area (Å²) in [5.41, 5.74) is 0.829. The lowest BCUT2D eigenvalue weighted by Crippen LogP contribution is -2.49. The van der Waals surface area contributed by atoms with Crippen LogP contribution in [0.15, 0.2) is 24.3 Å². The molecule has 1 fully saturated rings. The number of nitrogens with zero attached hydrogens (tertiary/aromatic N) is 2. The largest absolute Gasteiger partial charge is 0.374 e. The van der Waals surface area contributed by atoms with Gasteiger partial charge in [-0.1, -0.05) is 23.7 Å². The molecule has 124 valence electrons. The van der Waals surface area contributed by atoms with Crippen LogP contribution < -0.4 is 4.72 Å². The second kappa shape index (κ2) is 7.25. The first kappa shape index (κ1) is 17.7. The van der Waals surface area contributed by atoms with Crippen molar-refractivity contribution in [2.75, 3.05) is 40.8 Å². The topological polar surface area (TPSA) is 61.9 Å². The quantitative estimate of drug-likeness (QED) is 0.866. The fourth-order valence-corrected chi connectivity index (χ4v) is 3.25. The van der Waals surface area contributed by atoms with Gasteiger partial charge < -0.3 is 9.64 Å². The highest BCUT2D eigenvalue weighted by Crippen LogP contribution is 2.24. The molecule has 1 saturated heterocycles. The van der Waals surface area contributed by atoms with Crippen molar-refractivity contribution in [2.24, 2.45) is 0 Å². The standard InChI is InChI=1S/C14H22ClN3O3S/c1-17(2)22(19,20)16-14(11-4-6-12(15)7-5-11)13-10-18(3)8-9-21-13/h4-7,13-14,16H,8-10H2,1-3H3. The monoisotopic (exact) mass is 347 g/mol. The molecule has 2 atom stereocenters. The molecule has 1 aromatic carbocycles. The van der Waals surface area contributed by atoms with Gasteiger partial charge in [0.15, 0.2) is 0 Å². The van der Waals surface area contributed by atoms with Crippen LogP contribution in [-0.4, -0.2) is 64.6 Å². The molecule has 6 nitrogen and oxygen atoms in total. The van der Waals surface area contributed by atoms with Crippen LogP contribution in [0.3, 0.4) is 0 Å². The van der Waals surface area contributed by atoms with E-state index in [4.69, 9.17) is 16.3 Å². The summed E-state index contributed by atoms with van der Waals surface area (Å²) in [4.78, 5) is 2.13. The molecule has 22 heavy (non-hydrogen) atoms. The zero-order valence-corrected chi connectivity index (χ0v) is 14.6. The van der Waals surface area contributed by atoms with Crippen LogP contribution in [0.2, 0.25) is 5.02 Å². The zero-order valence-electron chi connectivity index (χ0n) is 13.0. The molecule has 2 rings (SSSR count). The Hall–Kier alpha value is -0.700. The highest BCUT2D eigenvalue weighted by Gasteiger charge is 2.32. The number of ether oxygens (including phenoxy) is 1. The lowest BCUT2D eigenvalue weighted by atomic mass is 10.0. The number of likely N-dealkylation sites (N-methyl/N-ethyl adjacent to an activating group) is 1. The molecule has 1 heterocycles. The van der Waals surface area contributed by atoms with Crippen molar-refractivity contribution < 1.29 is 13.2 Å². The molecule has 1 aromatic rings. The maximum atomic E-state index is 12.2. The summed E-state index contributed by atoms with van der Waals surface area (Å²) in [5.74, 6) is 0. The Bertz CT molecular complexity index is 592. The van der Waals surface area contributed by atoms with E-state index in [0.717, 1.165) is 16.4 Å². The first-order valence-electron chi connectivity index (χ1n) is 7.05. The number of benzene rings is 1. The van der Waals surface area contributed by atoms with E-state index < -0.39 is 16.3 Å². The van der Waals surface area contributed by atoms with Crippen molar-refractivity contribution in [2.45, 2.75) is 12.1 Å². The van der Waals surface area contributed by atoms with Gasteiger partial charge in [0.05, 0.1) is 18.8 Å². The van der Waals surface area contributed by atoms with Crippen molar-refractivity contribution in [3.05, 3.63) is 34.9 Å². The van der Waals surface area contributed by atoms with E-state index in [1.54, 1.807) is 12.1 Å². The third kappa shape index (κ3) is 4.41. The fraction of sp³-hybridized carbons (Fsp3) is 0.571. The Labute approximate surface area is 137 Å². The number of rotatable bonds is 5. The normalized spacial score (nSPS) is 22.0. The van der Waals surface area contributed by atoms with E-state index in [0.29, 0.717) is 18.2 Å². The Morgan fingerprint density at radius 1 is 1.36 bits per heavy atom. The van der Waals surface area contributed by atoms with Gasteiger partial charge in [0, 0.05) is 32.2 Å². The SMILES string of the molecule is CN1CCOC(C(NS(=O)(=O)N(C)C)c2ccc(Cl)cc2)C1. The average Bonchev–Trinajstić information content (AvgIpc) is 2.46. The minimum atomic E-state index is -3.57. The Kier molecular flexibility index (Phi) is 5.81. The van der Waals surface area contributed by atoms with E-state index in [2.05, 4.69) is 9.62 Å². The third-order valence-corrected chi connectivity index (χ3v) is 5.42. The molecule has 2 unspecified atom stereocenters. The number of nitrogens with one attached hydrogen (secondary N) is 1. The molecule has 8 heteroatoms. The summed E-state index contributed by atoms with van der Waals surface area (Å²) in [7, 11) is 1.41. The Morgan fingerprint density at radius 3 is 2.55 bits per heavy atom. The van der Waals surface area contributed by atoms with Crippen LogP contribution in [0, 0.1) is 0 Å². The predicted molar refractivity (Wildman–Crippen MR) is 87.2 cm³/mol. The Balaban J connectivity index is 2.29. The fourth-order valence-electron chi connectivity index (χ4n) is 2.31. The van der Waals surface area contributed by atoms with Crippen molar-refractivity contribution in [3.8, 4) is 0 Å². The minimum Gasteiger partial charge on any atom is -0.374 e. The van der Waals surface area contributed by atoms with Crippen molar-refractivity contribution in [3.63, 3.8) is 0 Å². The van der Waals surface area contributed by atoms with Gasteiger partial charge in [-0.3, -0.25) is 0 Å². The van der Waals surface area contributed by atoms with Gasteiger partial charge in [0.1, 0.15) is 0 Å². The Morgan fingerprint density at radius 2 is 2.00 bits per heavy atom. The van der Waals surface area contributed by atoms with Gasteiger partial charge in [0.25, 0.3) is 10.2 Å². The summed E-state index contributed by atoms with van der Waals surface area (Å²) >= 11 is 5.92. The first-order valence-corrected chi connectivity index (χ1v) is 8.87. The lowest BCUT2D eigenvalue weighted by Gasteiger charge is -2.36. The molecule has 0 aliphatic carbocycles. The molecule has 0 aromatic heterocycles. The summed E-state index contributed by atoms with van der Waals surface area (Å²) in [6.45, 7) is 2.07. The predicted octanol–water partition coefficient (Wildman–Crippen LogP) is 1.11. The van der Waals surface area contributed by atoms with E-state index in [-0.39, 0.29) is 6.10 Å². The first-order chi connectivity index (χ1) is 10.3. The van der Waals surface area contributed by atoms with Crippen molar-refractivity contribution in [1.29, 1.82) is 0 Å². The van der Waals surface area contributed by atoms with E-state index in [9.17, 15) is 8.42 Å². The second-order valence-electron chi connectivity index (χ2n) is 5.61. The summed E-state index contributed by atoms with van der Waals surface area (Å²) < 4.78 is 34.1. The average molecular weight is 348 g/mol. The van der Waals surface area contributed by atoms with E-state index in [1.807, 2.05) is 19.2 Å². The van der Waals surface area contributed by atoms with Crippen LogP contribution in [0.25, 0.3) is 0 Å². The van der Waals surface area contributed by atoms with Crippen LogP contribution in [0.4, 0.5) is 0 Å². The van der Waals surface area contributed by atoms with E-state index >= 15 is 0 Å². The maximum Gasteiger partial charge on any atom is 0.279 e. The molecule has 1 aliphatic rings. The molecule has 0 amide bonds. The van der Waals surface area contributed by atoms with Gasteiger partial charge in [-0.25, -0.2) is 0 Å². The smallest absolute Gasteiger partial charge is 0.279 e. The molecule has 1 aliphatic heterocycles. The van der Waals surface area contributed by atoms with Crippen LogP contribution in [-0.2, 0) is 14.9 Å². The van der Waals surface area contributed by atoms with Crippen LogP contribution >= 0.6 is 11.6 Å². The molecule has 1 N–H and O–H groups in total. The molecule has 0 bridgehead atoms. The lowest BCUT2D eigenvalue weighted by molar-refractivity contribution is -0.0356. The minimum absolute atomic E-state index is 0.255. The van der Waals surface area contributed by atoms with Gasteiger partial charge in [-0.15, -0.1) is 0 Å². The second-order valence-corrected chi connectivity index (χ2v) is 7.96. The summed E-state index contributed by atoms with van der Waals surface area (Å²) in [6.07, 6.45) is -0.255. The van der Waals surface area contributed by atoms with E-state index in [1.165, 1.54) is 14.1 Å². The number of hydrogen-bond acceptors (Lipinski definition) is 4. The molecular weight excluding hydrogens is 326 g/mol. The molecule has 0 radical (unpaired) electrons. The highest BCUT2D eigenvalue weighted by atomic mass is 35.5. The van der Waals surface area contributed by atoms with Crippen molar-refractivity contribution >= 4 is 21.8 Å². The third-order valence-electron chi connectivity index (χ3n) is 3.65. The number of morpholine rings is 1. The van der Waals surface area contributed by atoms with Gasteiger partial charge in [-0.05, 0) is 24.7 Å². The maximum absolute atomic E-state index is 12.2. The van der Waals surface area contributed by atoms with Crippen LogP contribution in [0.5, 0.6) is 0 Å². The van der Waals surface area contributed by atoms with Gasteiger partial charge >= 0.3 is 0 Å². The number of halogens is 1. The molecule has 0 saturated carbocycles. The molecule has 0 spiro atoms. The summed E-state index contributed by atoms with van der Waals surface area (Å²) in [6, 6.07) is 6.68. The highest BCUT2D eigenvalue weighted by molar-refractivity contribution is 7.87. The number of hydrogen-bond donors (Lipinski definition) is 1. The van der Waals surface area contributed by atoms with Crippen molar-refractivity contribution in [1.82, 2.24) is 13.9 Å². The van der Waals surface area contributed by atoms with Gasteiger partial charge in [0.2, 0.25) is 0 Å². The summed E-state index contributed by atoms with van der Waals surface area (Å²) in [5, 5.41) is 0.611. The molecular formula is C14H22ClN3O3S.